The molecule has 0 aromatic carbocycles. The number of halogens is 1. The van der Waals surface area contributed by atoms with Gasteiger partial charge in [0.1, 0.15) is 0 Å². The third-order valence-electron chi connectivity index (χ3n) is 1.55. The lowest BCUT2D eigenvalue weighted by Crippen LogP contribution is -2.22. The Balaban J connectivity index is 3.12. The Bertz CT molecular complexity index is 73.7. The molecular formula is C8H18BrN. The van der Waals surface area contributed by atoms with E-state index in [0.29, 0.717) is 0 Å². The van der Waals surface area contributed by atoms with Crippen LogP contribution in [-0.4, -0.2) is 30.4 Å². The summed E-state index contributed by atoms with van der Waals surface area (Å²) in [6.07, 6.45) is 1.31. The molecule has 0 unspecified atom stereocenters. The molecular weight excluding hydrogens is 190 g/mol. The van der Waals surface area contributed by atoms with Crippen molar-refractivity contribution >= 4 is 15.9 Å². The molecule has 0 bridgehead atoms. The van der Waals surface area contributed by atoms with Crippen LogP contribution in [0.1, 0.15) is 20.3 Å². The Morgan fingerprint density at radius 3 is 2.30 bits per heavy atom. The minimum atomic E-state index is 0.831. The fraction of sp³-hybridized carbons (Fsp3) is 1.00. The van der Waals surface area contributed by atoms with E-state index in [1.165, 1.54) is 13.0 Å². The SMILES string of the molecule is CC(C)CCN(C)CCBr. The predicted molar refractivity (Wildman–Crippen MR) is 50.7 cm³/mol. The first-order chi connectivity index (χ1) is 4.66. The molecule has 10 heavy (non-hydrogen) atoms. The highest BCUT2D eigenvalue weighted by Crippen LogP contribution is 2.00. The zero-order valence-corrected chi connectivity index (χ0v) is 8.82. The summed E-state index contributed by atoms with van der Waals surface area (Å²) >= 11 is 3.42. The van der Waals surface area contributed by atoms with Crippen molar-refractivity contribution in [1.29, 1.82) is 0 Å². The molecule has 0 atom stereocenters. The fourth-order valence-electron chi connectivity index (χ4n) is 0.735. The zero-order valence-electron chi connectivity index (χ0n) is 7.23. The number of hydrogen-bond donors (Lipinski definition) is 0. The minimum absolute atomic E-state index is 0.831. The number of alkyl halides is 1. The summed E-state index contributed by atoms with van der Waals surface area (Å²) in [5.74, 6) is 0.831. The van der Waals surface area contributed by atoms with Crippen LogP contribution in [0.15, 0.2) is 0 Å². The van der Waals surface area contributed by atoms with Gasteiger partial charge in [-0.05, 0) is 25.9 Å². The van der Waals surface area contributed by atoms with Crippen molar-refractivity contribution in [2.45, 2.75) is 20.3 Å². The molecule has 2 heteroatoms. The Morgan fingerprint density at radius 1 is 1.30 bits per heavy atom. The highest BCUT2D eigenvalue weighted by molar-refractivity contribution is 9.09. The molecule has 62 valence electrons. The van der Waals surface area contributed by atoms with Gasteiger partial charge >= 0.3 is 0 Å². The molecule has 0 aliphatic carbocycles. The second-order valence-electron chi connectivity index (χ2n) is 3.17. The van der Waals surface area contributed by atoms with Crippen molar-refractivity contribution in [3.05, 3.63) is 0 Å². The third-order valence-corrected chi connectivity index (χ3v) is 1.91. The minimum Gasteiger partial charge on any atom is -0.306 e. The maximum Gasteiger partial charge on any atom is 0.0159 e. The number of hydrogen-bond acceptors (Lipinski definition) is 1. The molecule has 0 spiro atoms. The van der Waals surface area contributed by atoms with Crippen LogP contribution in [0.4, 0.5) is 0 Å². The van der Waals surface area contributed by atoms with Gasteiger partial charge < -0.3 is 4.90 Å². The van der Waals surface area contributed by atoms with Crippen LogP contribution in [0.5, 0.6) is 0 Å². The van der Waals surface area contributed by atoms with Crippen LogP contribution in [0, 0.1) is 5.92 Å². The first kappa shape index (κ1) is 10.4. The summed E-state index contributed by atoms with van der Waals surface area (Å²) in [7, 11) is 2.17. The van der Waals surface area contributed by atoms with Gasteiger partial charge in [0.25, 0.3) is 0 Å². The molecule has 0 aliphatic heterocycles. The monoisotopic (exact) mass is 207 g/mol. The maximum atomic E-state index is 3.42. The van der Waals surface area contributed by atoms with Crippen molar-refractivity contribution < 1.29 is 0 Å². The number of nitrogens with zero attached hydrogens (tertiary/aromatic N) is 1. The summed E-state index contributed by atoms with van der Waals surface area (Å²) in [6.45, 7) is 6.92. The maximum absolute atomic E-state index is 3.42. The third kappa shape index (κ3) is 6.56. The van der Waals surface area contributed by atoms with Crippen LogP contribution in [0.2, 0.25) is 0 Å². The molecule has 0 aromatic rings. The molecule has 0 amide bonds. The van der Waals surface area contributed by atoms with Gasteiger partial charge in [-0.25, -0.2) is 0 Å². The van der Waals surface area contributed by atoms with Gasteiger partial charge in [0.05, 0.1) is 0 Å². The fourth-order valence-corrected chi connectivity index (χ4v) is 1.34. The zero-order chi connectivity index (χ0) is 7.98. The van der Waals surface area contributed by atoms with Crippen molar-refractivity contribution in [2.24, 2.45) is 5.92 Å². The van der Waals surface area contributed by atoms with E-state index in [-0.39, 0.29) is 0 Å². The summed E-state index contributed by atoms with van der Waals surface area (Å²) < 4.78 is 0. The molecule has 0 radical (unpaired) electrons. The topological polar surface area (TPSA) is 3.24 Å². The smallest absolute Gasteiger partial charge is 0.0159 e. The summed E-state index contributed by atoms with van der Waals surface area (Å²) in [4.78, 5) is 2.36. The second kappa shape index (κ2) is 6.17. The molecule has 0 heterocycles. The molecule has 0 rings (SSSR count). The van der Waals surface area contributed by atoms with Crippen molar-refractivity contribution in [1.82, 2.24) is 4.90 Å². The lowest BCUT2D eigenvalue weighted by atomic mass is 10.1. The lowest BCUT2D eigenvalue weighted by molar-refractivity contribution is 0.329. The Hall–Kier alpha value is 0.440. The van der Waals surface area contributed by atoms with E-state index < -0.39 is 0 Å². The average molecular weight is 208 g/mol. The first-order valence-corrected chi connectivity index (χ1v) is 5.03. The van der Waals surface area contributed by atoms with Gasteiger partial charge in [-0.3, -0.25) is 0 Å². The van der Waals surface area contributed by atoms with E-state index in [2.05, 4.69) is 41.7 Å². The van der Waals surface area contributed by atoms with Crippen LogP contribution in [-0.2, 0) is 0 Å². The Kier molecular flexibility index (Phi) is 6.44. The van der Waals surface area contributed by atoms with Crippen molar-refractivity contribution in [3.63, 3.8) is 0 Å². The lowest BCUT2D eigenvalue weighted by Gasteiger charge is -2.15. The van der Waals surface area contributed by atoms with Crippen molar-refractivity contribution in [2.75, 3.05) is 25.5 Å². The van der Waals surface area contributed by atoms with Crippen LogP contribution in [0.3, 0.4) is 0 Å². The average Bonchev–Trinajstić information content (AvgIpc) is 1.85. The van der Waals surface area contributed by atoms with E-state index in [9.17, 15) is 0 Å². The highest BCUT2D eigenvalue weighted by Gasteiger charge is 1.98. The van der Waals surface area contributed by atoms with Gasteiger partial charge in [-0.2, -0.15) is 0 Å². The Labute approximate surface area is 72.9 Å². The van der Waals surface area contributed by atoms with E-state index in [1.807, 2.05) is 0 Å². The van der Waals surface area contributed by atoms with Gasteiger partial charge in [0, 0.05) is 11.9 Å². The van der Waals surface area contributed by atoms with E-state index in [4.69, 9.17) is 0 Å². The molecule has 0 N–H and O–H groups in total. The van der Waals surface area contributed by atoms with Gasteiger partial charge in [0.2, 0.25) is 0 Å². The molecule has 0 aliphatic rings. The van der Waals surface area contributed by atoms with Gasteiger partial charge in [-0.15, -0.1) is 0 Å². The number of rotatable bonds is 5. The summed E-state index contributed by atoms with van der Waals surface area (Å²) in [5.41, 5.74) is 0. The van der Waals surface area contributed by atoms with Crippen LogP contribution < -0.4 is 0 Å². The molecule has 0 saturated heterocycles. The Morgan fingerprint density at radius 2 is 1.90 bits per heavy atom. The van der Waals surface area contributed by atoms with Gasteiger partial charge in [0.15, 0.2) is 0 Å². The second-order valence-corrected chi connectivity index (χ2v) is 3.97. The standard InChI is InChI=1S/C8H18BrN/c1-8(2)4-6-10(3)7-5-9/h8H,4-7H2,1-3H3. The normalized spacial score (nSPS) is 11.4. The summed E-state index contributed by atoms with van der Waals surface area (Å²) in [5, 5.41) is 1.08. The van der Waals surface area contributed by atoms with E-state index in [0.717, 1.165) is 17.8 Å². The van der Waals surface area contributed by atoms with Crippen molar-refractivity contribution in [3.8, 4) is 0 Å². The van der Waals surface area contributed by atoms with Crippen LogP contribution >= 0.6 is 15.9 Å². The molecule has 0 fully saturated rings. The highest BCUT2D eigenvalue weighted by atomic mass is 79.9. The largest absolute Gasteiger partial charge is 0.306 e. The van der Waals surface area contributed by atoms with Gasteiger partial charge in [-0.1, -0.05) is 29.8 Å². The predicted octanol–water partition coefficient (Wildman–Crippen LogP) is 2.36. The quantitative estimate of drug-likeness (QED) is 0.627. The molecule has 1 nitrogen and oxygen atoms in total. The molecule has 0 aromatic heterocycles. The first-order valence-electron chi connectivity index (χ1n) is 3.91. The van der Waals surface area contributed by atoms with Crippen LogP contribution in [0.25, 0.3) is 0 Å². The van der Waals surface area contributed by atoms with E-state index in [1.54, 1.807) is 0 Å². The molecule has 0 saturated carbocycles. The summed E-state index contributed by atoms with van der Waals surface area (Å²) in [6, 6.07) is 0. The van der Waals surface area contributed by atoms with E-state index >= 15 is 0 Å².